The highest BCUT2D eigenvalue weighted by molar-refractivity contribution is 14.1. The number of allylic oxidation sites excluding steroid dienone is 2. The van der Waals surface area contributed by atoms with E-state index in [0.29, 0.717) is 53.0 Å². The van der Waals surface area contributed by atoms with Crippen LogP contribution in [0, 0.1) is 22.3 Å². The van der Waals surface area contributed by atoms with Gasteiger partial charge < -0.3 is 54.1 Å². The van der Waals surface area contributed by atoms with Gasteiger partial charge in [0.15, 0.2) is 12.1 Å². The molecule has 2 aliphatic rings. The molecule has 3 aromatic carbocycles. The van der Waals surface area contributed by atoms with Crippen molar-refractivity contribution < 1.29 is 95.8 Å². The van der Waals surface area contributed by atoms with Crippen molar-refractivity contribution in [3.63, 3.8) is 0 Å². The van der Waals surface area contributed by atoms with Crippen LogP contribution in [0.3, 0.4) is 0 Å². The summed E-state index contributed by atoms with van der Waals surface area (Å²) in [6.45, 7) is 18.8. The molecule has 2 heterocycles. The molecule has 0 spiro atoms. The fraction of sp³-hybridized carbons (Fsp3) is 0.500. The van der Waals surface area contributed by atoms with Gasteiger partial charge in [-0.05, 0) is 197 Å². The maximum Gasteiger partial charge on any atom is 0.614 e. The molecular weight excluding hydrogens is 1440 g/mol. The molecule has 10 atom stereocenters. The van der Waals surface area contributed by atoms with Gasteiger partial charge in [0.2, 0.25) is 0 Å². The minimum absolute atomic E-state index is 0.0119. The van der Waals surface area contributed by atoms with E-state index in [9.17, 15) is 49.4 Å². The van der Waals surface area contributed by atoms with Gasteiger partial charge in [0.25, 0.3) is 0 Å². The first-order chi connectivity index (χ1) is 46.5. The van der Waals surface area contributed by atoms with E-state index in [-0.39, 0.29) is 102 Å². The van der Waals surface area contributed by atoms with Crippen LogP contribution in [-0.2, 0) is 94.9 Å². The minimum Gasteiger partial charge on any atom is -0.506 e. The second-order valence-corrected chi connectivity index (χ2v) is 29.4. The number of aromatic hydroxyl groups is 1. The molecule has 1 aromatic heterocycles. The number of aryl methyl sites for hydroxylation is 1. The average Bonchev–Trinajstić information content (AvgIpc) is 1.41. The van der Waals surface area contributed by atoms with Crippen LogP contribution in [0.4, 0.5) is 0 Å². The number of dihydropyridines is 1. The van der Waals surface area contributed by atoms with Crippen molar-refractivity contribution >= 4 is 77.0 Å². The van der Waals surface area contributed by atoms with Crippen molar-refractivity contribution in [3.8, 4) is 17.2 Å². The topological polar surface area (TPSA) is 371 Å². The van der Waals surface area contributed by atoms with E-state index < -0.39 is 123 Å². The summed E-state index contributed by atoms with van der Waals surface area (Å²) in [5.41, 5.74) is 5.14. The Morgan fingerprint density at radius 2 is 1.52 bits per heavy atom. The molecule has 1 aliphatic carbocycles. The number of hydrogen-bond donors (Lipinski definition) is 9. The number of aromatic nitrogens is 1. The number of halogens is 1. The lowest BCUT2D eigenvalue weighted by atomic mass is 9.89. The van der Waals surface area contributed by atoms with Crippen LogP contribution < -0.4 is 24.5 Å². The molecular formula is C68H92IN6O20P3+2. The Balaban J connectivity index is 1.35. The zero-order valence-electron chi connectivity index (χ0n) is 57.1. The Morgan fingerprint density at radius 3 is 2.17 bits per heavy atom. The number of ether oxygens (including phenoxy) is 4. The number of pyridine rings is 1. The number of aliphatic hydroxyl groups is 5. The first-order valence-electron chi connectivity index (χ1n) is 32.2. The number of esters is 3. The predicted octanol–water partition coefficient (Wildman–Crippen LogP) is 11.5. The molecule has 0 amide bonds. The predicted molar refractivity (Wildman–Crippen MR) is 377 cm³/mol. The maximum absolute atomic E-state index is 15.3. The Morgan fingerprint density at radius 1 is 0.827 bits per heavy atom. The van der Waals surface area contributed by atoms with Gasteiger partial charge in [-0.2, -0.15) is 5.09 Å². The van der Waals surface area contributed by atoms with Crippen LogP contribution in [0.5, 0.6) is 17.2 Å². The molecule has 534 valence electrons. The van der Waals surface area contributed by atoms with Gasteiger partial charge in [0, 0.05) is 62.9 Å². The molecule has 1 aliphatic heterocycles. The number of carbonyl (C=O) groups excluding carboxylic acids is 3. The summed E-state index contributed by atoms with van der Waals surface area (Å²) in [7, 11) is -10.3. The number of aliphatic hydroxyl groups excluding tert-OH is 5. The van der Waals surface area contributed by atoms with E-state index in [4.69, 9.17) is 37.0 Å². The zero-order chi connectivity index (χ0) is 72.1. The Hall–Kier alpha value is -6.42. The number of carbonyl (C=O) groups is 3. The number of nitrogens with one attached hydrogen (secondary N) is 3. The standard InChI is InChI=1S/C68H90IN6O20P3/c1-13-54-58(69)23-24-60(95-98(87,75-45(11)66(82)92-38(2)3)91-37-52-30-72-44(10)65(81)57(52)33-78)61(54)48-19-20-49(26-48)62(74-97(86)90-36-51-29-71-43(9)64(80)56(51)32-77)68(84)94-41(7)25-50-27-53(88-35-46-17-15-14-16-18-46)22-21-47(50)28-59(67(83)93-39(4)5)73-96(85)89-34-40(6)55(31-76)63(79)42(8)70-12/h14-18,21-24,27,29,38-39,41,45,48-49,52,59,62,76-78H,12-13,19-20,25-26,28,30-37H2,1-11H3,(H4-2,73,74,75,79,80,81,85,86,87)/p+2/b55-40+,63-42+/t41?,45-,48?,49?,52?,59-,62-,98?/m0/s1. The highest BCUT2D eigenvalue weighted by Crippen LogP contribution is 2.52. The Labute approximate surface area is 587 Å². The molecule has 9 N–H and O–H groups in total. The van der Waals surface area contributed by atoms with Gasteiger partial charge in [0.05, 0.1) is 55.7 Å². The van der Waals surface area contributed by atoms with E-state index in [2.05, 4.69) is 59.5 Å². The smallest absolute Gasteiger partial charge is 0.506 e. The van der Waals surface area contributed by atoms with Crippen molar-refractivity contribution in [2.75, 3.05) is 33.0 Å². The summed E-state index contributed by atoms with van der Waals surface area (Å²) >= 11 is 2.21. The van der Waals surface area contributed by atoms with E-state index in [0.717, 1.165) is 14.7 Å². The van der Waals surface area contributed by atoms with Gasteiger partial charge in [-0.1, -0.05) is 53.5 Å². The summed E-state index contributed by atoms with van der Waals surface area (Å²) in [6.07, 6.45) is 0.672. The highest BCUT2D eigenvalue weighted by atomic mass is 127. The second kappa shape index (κ2) is 38.4. The first kappa shape index (κ1) is 80.6. The molecule has 6 rings (SSSR count). The third-order valence-corrected chi connectivity index (χ3v) is 20.9. The summed E-state index contributed by atoms with van der Waals surface area (Å²) in [4.78, 5) is 54.6. The molecule has 1 fully saturated rings. The average molecular weight is 1530 g/mol. The van der Waals surface area contributed by atoms with Gasteiger partial charge in [-0.25, -0.2) is 4.57 Å². The van der Waals surface area contributed by atoms with Crippen LogP contribution >= 0.6 is 46.7 Å². The van der Waals surface area contributed by atoms with Crippen molar-refractivity contribution in [2.45, 2.75) is 177 Å². The zero-order valence-corrected chi connectivity index (χ0v) is 62.0. The molecule has 1 saturated carbocycles. The molecule has 4 aromatic rings. The van der Waals surface area contributed by atoms with Crippen molar-refractivity contribution in [2.24, 2.45) is 21.8 Å². The fourth-order valence-electron chi connectivity index (χ4n) is 11.2. The third-order valence-electron chi connectivity index (χ3n) is 16.5. The third kappa shape index (κ3) is 22.8. The summed E-state index contributed by atoms with van der Waals surface area (Å²) < 4.78 is 92.0. The summed E-state index contributed by atoms with van der Waals surface area (Å²) in [5, 5.41) is 71.2. The number of nitrogens with zero attached hydrogens (tertiary/aromatic N) is 3. The van der Waals surface area contributed by atoms with Gasteiger partial charge in [-0.15, -0.1) is 9.05 Å². The number of rotatable bonds is 38. The van der Waals surface area contributed by atoms with E-state index in [1.807, 2.05) is 37.3 Å². The fourth-order valence-corrected chi connectivity index (χ4v) is 15.3. The number of hydrogen-bond acceptors (Lipinski definition) is 23. The van der Waals surface area contributed by atoms with Crippen molar-refractivity contribution in [3.05, 3.63) is 149 Å². The van der Waals surface area contributed by atoms with Crippen LogP contribution in [-0.4, -0.2) is 135 Å². The number of aliphatic imine (C=N–C) groups is 2. The molecule has 26 nitrogen and oxygen atoms in total. The monoisotopic (exact) mass is 1530 g/mol. The second-order valence-electron chi connectivity index (χ2n) is 24.5. The van der Waals surface area contributed by atoms with Crippen LogP contribution in [0.2, 0.25) is 0 Å². The quantitative estimate of drug-likeness (QED) is 0.00383. The van der Waals surface area contributed by atoms with Crippen molar-refractivity contribution in [1.29, 1.82) is 0 Å². The Bertz CT molecular complexity index is 3680. The van der Waals surface area contributed by atoms with Crippen LogP contribution in [0.1, 0.15) is 139 Å². The molecule has 30 heteroatoms. The van der Waals surface area contributed by atoms with E-state index >= 15 is 9.36 Å². The lowest BCUT2D eigenvalue weighted by Gasteiger charge is -2.29. The minimum atomic E-state index is -4.61. The van der Waals surface area contributed by atoms with Gasteiger partial charge in [0.1, 0.15) is 60.7 Å². The Kier molecular flexibility index (Phi) is 31.6. The summed E-state index contributed by atoms with van der Waals surface area (Å²) in [6, 6.07) is 14.2. The highest BCUT2D eigenvalue weighted by Gasteiger charge is 2.45. The SMILES string of the molecule is C=N/C(C)=C(O)\C(CO)=C(/C)CO[P+](=O)N[C@@H](Cc1ccc(OCc2ccccc2)cc1CC(C)OC(=O)[C@@H](N[P+](=O)OCc1cnc(C)c(O)c1CO)C1CCC(c2c(OP(=O)(N[C@@H](C)C(=O)OC(C)C)OCC3CN=C(C)C(O)=C3CO)ccc(I)c2CC)C1)C(=O)OC(C)C. The number of benzene rings is 3. The van der Waals surface area contributed by atoms with Gasteiger partial charge >= 0.3 is 42.0 Å². The molecule has 7 unspecified atom stereocenters. The van der Waals surface area contributed by atoms with Gasteiger partial charge in [-0.3, -0.25) is 33.9 Å². The lowest BCUT2D eigenvalue weighted by molar-refractivity contribution is -0.152. The molecule has 0 bridgehead atoms. The molecule has 98 heavy (non-hydrogen) atoms. The van der Waals surface area contributed by atoms with Crippen LogP contribution in [0.25, 0.3) is 0 Å². The molecule has 0 saturated heterocycles. The summed E-state index contributed by atoms with van der Waals surface area (Å²) in [5.74, 6) is -4.32. The lowest BCUT2D eigenvalue weighted by Crippen LogP contribution is -2.41. The van der Waals surface area contributed by atoms with E-state index in [1.54, 1.807) is 85.7 Å². The normalized spacial score (nSPS) is 18.3. The van der Waals surface area contributed by atoms with Crippen LogP contribution in [0.15, 0.2) is 111 Å². The van der Waals surface area contributed by atoms with Crippen molar-refractivity contribution in [1.82, 2.24) is 20.2 Å². The maximum atomic E-state index is 15.3. The largest absolute Gasteiger partial charge is 0.614 e. The van der Waals surface area contributed by atoms with E-state index in [1.165, 1.54) is 20.0 Å². The first-order valence-corrected chi connectivity index (χ1v) is 37.2. The molecule has 0 radical (unpaired) electrons.